The average Bonchev–Trinajstić information content (AvgIpc) is 3.70. The molecule has 0 saturated carbocycles. The molecule has 0 fully saturated rings. The lowest BCUT2D eigenvalue weighted by Crippen LogP contribution is -2.00. The molecule has 0 radical (unpaired) electrons. The first-order chi connectivity index (χ1) is 20.8. The molecule has 0 aliphatic rings. The molecule has 8 rings (SSSR count). The van der Waals surface area contributed by atoms with Crippen LogP contribution in [0.3, 0.4) is 0 Å². The van der Waals surface area contributed by atoms with E-state index in [0.717, 1.165) is 50.5 Å². The third-order valence-electron chi connectivity index (χ3n) is 7.78. The predicted octanol–water partition coefficient (Wildman–Crippen LogP) is 9.37. The molecular formula is C38H26N4. The fraction of sp³-hybridized carbons (Fsp3) is 0. The molecule has 4 nitrogen and oxygen atoms in total. The number of para-hydroxylation sites is 2. The molecule has 8 aromatic rings. The number of aromatic nitrogens is 4. The minimum absolute atomic E-state index is 0.705. The van der Waals surface area contributed by atoms with E-state index in [1.807, 2.05) is 36.4 Å². The van der Waals surface area contributed by atoms with Gasteiger partial charge in [-0.25, -0.2) is 9.97 Å². The minimum atomic E-state index is 0.705. The van der Waals surface area contributed by atoms with E-state index in [0.29, 0.717) is 5.82 Å². The van der Waals surface area contributed by atoms with Crippen molar-refractivity contribution in [2.45, 2.75) is 0 Å². The Labute approximate surface area is 243 Å². The highest BCUT2D eigenvalue weighted by Gasteiger charge is 2.15. The number of benzene rings is 5. The molecule has 0 unspecified atom stereocenters. The Morgan fingerprint density at radius 3 is 1.43 bits per heavy atom. The van der Waals surface area contributed by atoms with Crippen molar-refractivity contribution in [2.24, 2.45) is 0 Å². The molecule has 0 N–H and O–H groups in total. The van der Waals surface area contributed by atoms with E-state index in [4.69, 9.17) is 9.97 Å². The highest BCUT2D eigenvalue weighted by molar-refractivity contribution is 5.85. The lowest BCUT2D eigenvalue weighted by Gasteiger charge is -2.15. The van der Waals surface area contributed by atoms with Crippen molar-refractivity contribution >= 4 is 21.8 Å². The predicted molar refractivity (Wildman–Crippen MR) is 172 cm³/mol. The van der Waals surface area contributed by atoms with Gasteiger partial charge in [-0.2, -0.15) is 0 Å². The van der Waals surface area contributed by atoms with Gasteiger partial charge >= 0.3 is 0 Å². The lowest BCUT2D eigenvalue weighted by molar-refractivity contribution is 1.08. The molecule has 3 heterocycles. The van der Waals surface area contributed by atoms with Gasteiger partial charge in [0.25, 0.3) is 0 Å². The van der Waals surface area contributed by atoms with E-state index in [1.165, 1.54) is 10.8 Å². The number of hydrogen-bond donors (Lipinski definition) is 0. The first-order valence-corrected chi connectivity index (χ1v) is 14.1. The molecule has 42 heavy (non-hydrogen) atoms. The van der Waals surface area contributed by atoms with Crippen LogP contribution in [-0.4, -0.2) is 19.1 Å². The van der Waals surface area contributed by atoms with Crippen molar-refractivity contribution in [2.75, 3.05) is 0 Å². The zero-order chi connectivity index (χ0) is 27.9. The molecule has 0 aliphatic carbocycles. The zero-order valence-electron chi connectivity index (χ0n) is 22.8. The van der Waals surface area contributed by atoms with Gasteiger partial charge in [0.1, 0.15) is 0 Å². The van der Waals surface area contributed by atoms with Crippen LogP contribution in [0.5, 0.6) is 0 Å². The summed E-state index contributed by atoms with van der Waals surface area (Å²) in [7, 11) is 0. The monoisotopic (exact) mass is 538 g/mol. The van der Waals surface area contributed by atoms with Crippen LogP contribution in [0.4, 0.5) is 0 Å². The van der Waals surface area contributed by atoms with Crippen LogP contribution in [0.2, 0.25) is 0 Å². The second-order valence-electron chi connectivity index (χ2n) is 10.4. The maximum atomic E-state index is 5.14. The summed E-state index contributed by atoms with van der Waals surface area (Å²) in [5, 5.41) is 2.41. The minimum Gasteiger partial charge on any atom is -0.316 e. The Bertz CT molecular complexity index is 2040. The van der Waals surface area contributed by atoms with Crippen molar-refractivity contribution < 1.29 is 0 Å². The lowest BCUT2D eigenvalue weighted by atomic mass is 10.0. The highest BCUT2D eigenvalue weighted by Crippen LogP contribution is 2.32. The number of nitrogens with zero attached hydrogens (tertiary/aromatic N) is 4. The maximum Gasteiger partial charge on any atom is 0.160 e. The van der Waals surface area contributed by atoms with Crippen molar-refractivity contribution in [1.82, 2.24) is 19.1 Å². The molecular weight excluding hydrogens is 512 g/mol. The molecule has 0 saturated heterocycles. The fourth-order valence-electron chi connectivity index (χ4n) is 5.71. The van der Waals surface area contributed by atoms with Gasteiger partial charge in [-0.1, -0.05) is 97.1 Å². The molecule has 0 atom stereocenters. The van der Waals surface area contributed by atoms with Crippen molar-refractivity contribution in [3.63, 3.8) is 0 Å². The molecule has 198 valence electrons. The normalized spacial score (nSPS) is 11.3. The standard InChI is InChI=1S/C38H26N4/c1-3-11-27(12-4-1)34-26-35(40-38(39-34)30-15-5-2-6-16-30)31-23-32(41-21-19-28-13-7-9-17-36(28)41)25-33(24-31)42-22-20-29-14-8-10-18-37(29)42/h1-26H. The maximum absolute atomic E-state index is 5.14. The van der Waals surface area contributed by atoms with Crippen molar-refractivity contribution in [3.05, 3.63) is 158 Å². The Hall–Kier alpha value is -5.74. The fourth-order valence-corrected chi connectivity index (χ4v) is 5.71. The second kappa shape index (κ2) is 10.0. The molecule has 0 aliphatic heterocycles. The Morgan fingerprint density at radius 1 is 0.381 bits per heavy atom. The van der Waals surface area contributed by atoms with Crippen LogP contribution < -0.4 is 0 Å². The highest BCUT2D eigenvalue weighted by atomic mass is 15.0. The van der Waals surface area contributed by atoms with Crippen LogP contribution in [-0.2, 0) is 0 Å². The van der Waals surface area contributed by atoms with Crippen LogP contribution in [0, 0.1) is 0 Å². The SMILES string of the molecule is c1ccc(-c2cc(-c3cc(-n4ccc5ccccc54)cc(-n4ccc5ccccc54)c3)nc(-c3ccccc3)n2)cc1. The summed E-state index contributed by atoms with van der Waals surface area (Å²) in [4.78, 5) is 10.1. The summed E-state index contributed by atoms with van der Waals surface area (Å²) >= 11 is 0. The van der Waals surface area contributed by atoms with Crippen molar-refractivity contribution in [3.8, 4) is 45.3 Å². The number of rotatable bonds is 5. The Balaban J connectivity index is 1.39. The van der Waals surface area contributed by atoms with Gasteiger partial charge in [0.05, 0.1) is 22.4 Å². The Kier molecular flexibility index (Phi) is 5.75. The summed E-state index contributed by atoms with van der Waals surface area (Å²) in [5.74, 6) is 0.705. The summed E-state index contributed by atoms with van der Waals surface area (Å²) in [6.45, 7) is 0. The van der Waals surface area contributed by atoms with Gasteiger partial charge in [-0.15, -0.1) is 0 Å². The quantitative estimate of drug-likeness (QED) is 0.219. The zero-order valence-corrected chi connectivity index (χ0v) is 22.8. The Morgan fingerprint density at radius 2 is 0.857 bits per heavy atom. The van der Waals surface area contributed by atoms with Crippen LogP contribution in [0.15, 0.2) is 158 Å². The van der Waals surface area contributed by atoms with Crippen molar-refractivity contribution in [1.29, 1.82) is 0 Å². The van der Waals surface area contributed by atoms with E-state index in [9.17, 15) is 0 Å². The third-order valence-corrected chi connectivity index (χ3v) is 7.78. The van der Waals surface area contributed by atoms with Gasteiger partial charge in [-0.05, 0) is 59.3 Å². The van der Waals surface area contributed by atoms with Crippen LogP contribution in [0.25, 0.3) is 67.1 Å². The summed E-state index contributed by atoms with van der Waals surface area (Å²) in [6, 6.07) is 50.6. The molecule has 5 aromatic carbocycles. The van der Waals surface area contributed by atoms with Gasteiger partial charge in [-0.3, -0.25) is 0 Å². The summed E-state index contributed by atoms with van der Waals surface area (Å²) in [6.07, 6.45) is 4.29. The molecule has 0 spiro atoms. The summed E-state index contributed by atoms with van der Waals surface area (Å²) in [5.41, 5.74) is 9.30. The molecule has 0 amide bonds. The smallest absolute Gasteiger partial charge is 0.160 e. The molecule has 3 aromatic heterocycles. The largest absolute Gasteiger partial charge is 0.316 e. The topological polar surface area (TPSA) is 35.6 Å². The summed E-state index contributed by atoms with van der Waals surface area (Å²) < 4.78 is 4.51. The van der Waals surface area contributed by atoms with Crippen LogP contribution >= 0.6 is 0 Å². The van der Waals surface area contributed by atoms with Gasteiger partial charge in [0.15, 0.2) is 5.82 Å². The van der Waals surface area contributed by atoms with Gasteiger partial charge in [0, 0.05) is 40.5 Å². The number of fused-ring (bicyclic) bond motifs is 2. The van der Waals surface area contributed by atoms with E-state index >= 15 is 0 Å². The van der Waals surface area contributed by atoms with E-state index in [1.54, 1.807) is 0 Å². The first-order valence-electron chi connectivity index (χ1n) is 14.1. The van der Waals surface area contributed by atoms with E-state index in [-0.39, 0.29) is 0 Å². The van der Waals surface area contributed by atoms with E-state index in [2.05, 4.69) is 131 Å². The molecule has 0 bridgehead atoms. The second-order valence-corrected chi connectivity index (χ2v) is 10.4. The van der Waals surface area contributed by atoms with E-state index < -0.39 is 0 Å². The third kappa shape index (κ3) is 4.27. The molecule has 4 heteroatoms. The average molecular weight is 539 g/mol. The van der Waals surface area contributed by atoms with Crippen LogP contribution in [0.1, 0.15) is 0 Å². The van der Waals surface area contributed by atoms with Gasteiger partial charge in [0.2, 0.25) is 0 Å². The first kappa shape index (κ1) is 24.1. The number of hydrogen-bond acceptors (Lipinski definition) is 2. The van der Waals surface area contributed by atoms with Gasteiger partial charge < -0.3 is 9.13 Å².